The number of piperidine rings is 1. The van der Waals surface area contributed by atoms with Crippen LogP contribution in [0.1, 0.15) is 40.5 Å². The predicted octanol–water partition coefficient (Wildman–Crippen LogP) is 1.64. The second-order valence-electron chi connectivity index (χ2n) is 5.18. The zero-order chi connectivity index (χ0) is 10.3. The molecule has 75 valence electrons. The van der Waals surface area contributed by atoms with Crippen LogP contribution in [-0.4, -0.2) is 22.2 Å². The first-order valence-electron chi connectivity index (χ1n) is 4.69. The molecule has 3 heteroatoms. The summed E-state index contributed by atoms with van der Waals surface area (Å²) in [6.45, 7) is 8.02. The zero-order valence-corrected chi connectivity index (χ0v) is 8.79. The minimum Gasteiger partial charge on any atom is -0.481 e. The van der Waals surface area contributed by atoms with Gasteiger partial charge in [0, 0.05) is 11.1 Å². The first kappa shape index (κ1) is 10.5. The van der Waals surface area contributed by atoms with Crippen LogP contribution in [0.5, 0.6) is 0 Å². The van der Waals surface area contributed by atoms with Gasteiger partial charge in [0.25, 0.3) is 0 Å². The van der Waals surface area contributed by atoms with E-state index < -0.39 is 5.97 Å². The molecule has 1 radical (unpaired) electrons. The second kappa shape index (κ2) is 2.98. The van der Waals surface area contributed by atoms with Gasteiger partial charge < -0.3 is 5.11 Å². The zero-order valence-electron chi connectivity index (χ0n) is 8.79. The number of nitrogens with zero attached hydrogens (tertiary/aromatic N) is 1. The van der Waals surface area contributed by atoms with Gasteiger partial charge in [0.05, 0.1) is 5.92 Å². The van der Waals surface area contributed by atoms with Crippen molar-refractivity contribution in [1.82, 2.24) is 5.32 Å². The molecule has 13 heavy (non-hydrogen) atoms. The van der Waals surface area contributed by atoms with Gasteiger partial charge in [-0.1, -0.05) is 0 Å². The van der Waals surface area contributed by atoms with Crippen LogP contribution in [-0.2, 0) is 4.79 Å². The second-order valence-corrected chi connectivity index (χ2v) is 5.18. The number of carbonyl (C=O) groups is 1. The molecule has 0 aromatic carbocycles. The Balaban J connectivity index is 2.78. The van der Waals surface area contributed by atoms with Crippen LogP contribution in [0.15, 0.2) is 0 Å². The van der Waals surface area contributed by atoms with Crippen molar-refractivity contribution in [1.29, 1.82) is 0 Å². The normalized spacial score (nSPS) is 27.1. The highest BCUT2D eigenvalue weighted by molar-refractivity contribution is 5.70. The molecule has 1 N–H and O–H groups in total. The van der Waals surface area contributed by atoms with Crippen LogP contribution < -0.4 is 5.32 Å². The molecule has 1 aliphatic rings. The Morgan fingerprint density at radius 1 is 1.23 bits per heavy atom. The third-order valence-electron chi connectivity index (χ3n) is 2.45. The van der Waals surface area contributed by atoms with Gasteiger partial charge in [0.1, 0.15) is 0 Å². The van der Waals surface area contributed by atoms with Crippen molar-refractivity contribution in [3.63, 3.8) is 0 Å². The van der Waals surface area contributed by atoms with Crippen molar-refractivity contribution >= 4 is 5.97 Å². The molecule has 0 aromatic heterocycles. The minimum absolute atomic E-state index is 0.190. The maximum Gasteiger partial charge on any atom is 0.306 e. The molecule has 0 unspecified atom stereocenters. The summed E-state index contributed by atoms with van der Waals surface area (Å²) in [4.78, 5) is 10.9. The van der Waals surface area contributed by atoms with Crippen LogP contribution in [0.2, 0.25) is 0 Å². The molecular formula is C10H18NO2. The van der Waals surface area contributed by atoms with Crippen molar-refractivity contribution in [2.45, 2.75) is 51.6 Å². The van der Waals surface area contributed by atoms with Gasteiger partial charge in [-0.2, -0.15) is 0 Å². The van der Waals surface area contributed by atoms with E-state index in [1.165, 1.54) is 0 Å². The van der Waals surface area contributed by atoms with Crippen molar-refractivity contribution in [2.24, 2.45) is 5.92 Å². The topological polar surface area (TPSA) is 51.4 Å². The summed E-state index contributed by atoms with van der Waals surface area (Å²) in [5.74, 6) is -0.918. The molecule has 0 aliphatic carbocycles. The minimum atomic E-state index is -0.684. The van der Waals surface area contributed by atoms with Crippen LogP contribution in [0.4, 0.5) is 0 Å². The van der Waals surface area contributed by atoms with Crippen LogP contribution in [0.3, 0.4) is 0 Å². The molecule has 1 aliphatic heterocycles. The lowest BCUT2D eigenvalue weighted by Gasteiger charge is -2.43. The third-order valence-corrected chi connectivity index (χ3v) is 2.45. The van der Waals surface area contributed by atoms with E-state index in [1.54, 1.807) is 0 Å². The van der Waals surface area contributed by atoms with Gasteiger partial charge >= 0.3 is 5.97 Å². The molecule has 1 heterocycles. The molecule has 0 aromatic rings. The first-order valence-corrected chi connectivity index (χ1v) is 4.69. The average molecular weight is 184 g/mol. The van der Waals surface area contributed by atoms with E-state index >= 15 is 0 Å². The fourth-order valence-corrected chi connectivity index (χ4v) is 2.36. The van der Waals surface area contributed by atoms with Gasteiger partial charge in [-0.25, -0.2) is 5.32 Å². The molecule has 0 atom stereocenters. The summed E-state index contributed by atoms with van der Waals surface area (Å²) in [5, 5.41) is 13.6. The third kappa shape index (κ3) is 2.69. The van der Waals surface area contributed by atoms with E-state index in [9.17, 15) is 4.79 Å². The van der Waals surface area contributed by atoms with E-state index in [1.807, 2.05) is 27.7 Å². The van der Waals surface area contributed by atoms with Gasteiger partial charge in [-0.15, -0.1) is 0 Å². The Hall–Kier alpha value is -0.570. The number of rotatable bonds is 1. The quantitative estimate of drug-likeness (QED) is 0.673. The molecule has 3 nitrogen and oxygen atoms in total. The predicted molar refractivity (Wildman–Crippen MR) is 50.7 cm³/mol. The lowest BCUT2D eigenvalue weighted by atomic mass is 9.76. The Morgan fingerprint density at radius 3 is 1.92 bits per heavy atom. The maximum absolute atomic E-state index is 10.9. The number of carboxylic acid groups (broad SMARTS) is 1. The maximum atomic E-state index is 10.9. The van der Waals surface area contributed by atoms with Gasteiger partial charge in [-0.05, 0) is 40.5 Å². The molecule has 1 saturated heterocycles. The monoisotopic (exact) mass is 184 g/mol. The Labute approximate surface area is 79.5 Å². The van der Waals surface area contributed by atoms with Crippen LogP contribution in [0.25, 0.3) is 0 Å². The Kier molecular flexibility index (Phi) is 2.41. The SMILES string of the molecule is CC1(C)CC(C(=O)O)CC(C)(C)[N]1. The molecule has 1 fully saturated rings. The van der Waals surface area contributed by atoms with Gasteiger partial charge in [0.2, 0.25) is 0 Å². The summed E-state index contributed by atoms with van der Waals surface area (Å²) < 4.78 is 0. The number of aliphatic carboxylic acids is 1. The summed E-state index contributed by atoms with van der Waals surface area (Å²) in [5.41, 5.74) is -0.379. The average Bonchev–Trinajstić information content (AvgIpc) is 1.79. The van der Waals surface area contributed by atoms with Crippen molar-refractivity contribution in [3.05, 3.63) is 0 Å². The smallest absolute Gasteiger partial charge is 0.306 e. The van der Waals surface area contributed by atoms with Crippen molar-refractivity contribution in [3.8, 4) is 0 Å². The van der Waals surface area contributed by atoms with E-state index in [0.717, 1.165) is 0 Å². The van der Waals surface area contributed by atoms with E-state index in [0.29, 0.717) is 12.8 Å². The molecule has 0 spiro atoms. The fourth-order valence-electron chi connectivity index (χ4n) is 2.36. The summed E-state index contributed by atoms with van der Waals surface area (Å²) in [6, 6.07) is 0. The van der Waals surface area contributed by atoms with E-state index in [2.05, 4.69) is 5.32 Å². The van der Waals surface area contributed by atoms with Crippen LogP contribution in [0, 0.1) is 5.92 Å². The first-order chi connectivity index (χ1) is 5.72. The molecular weight excluding hydrogens is 166 g/mol. The Morgan fingerprint density at radius 2 is 1.62 bits per heavy atom. The summed E-state index contributed by atoms with van der Waals surface area (Å²) in [7, 11) is 0. The summed E-state index contributed by atoms with van der Waals surface area (Å²) >= 11 is 0. The van der Waals surface area contributed by atoms with E-state index in [-0.39, 0.29) is 17.0 Å². The molecule has 1 rings (SSSR count). The van der Waals surface area contributed by atoms with Gasteiger partial charge in [0.15, 0.2) is 0 Å². The number of hydrogen-bond acceptors (Lipinski definition) is 1. The lowest BCUT2D eigenvalue weighted by molar-refractivity contribution is -0.145. The highest BCUT2D eigenvalue weighted by Gasteiger charge is 2.41. The fraction of sp³-hybridized carbons (Fsp3) is 0.900. The standard InChI is InChI=1S/C10H18NO2/c1-9(2)5-7(8(12)13)6-10(3,4)11-9/h7H,5-6H2,1-4H3,(H,12,13). The van der Waals surface area contributed by atoms with Crippen LogP contribution >= 0.6 is 0 Å². The molecule has 0 saturated carbocycles. The van der Waals surface area contributed by atoms with E-state index in [4.69, 9.17) is 5.11 Å². The van der Waals surface area contributed by atoms with Crippen molar-refractivity contribution < 1.29 is 9.90 Å². The molecule has 0 amide bonds. The number of hydrogen-bond donors (Lipinski definition) is 1. The highest BCUT2D eigenvalue weighted by Crippen LogP contribution is 2.34. The largest absolute Gasteiger partial charge is 0.481 e. The number of carboxylic acids is 1. The lowest BCUT2D eigenvalue weighted by Crippen LogP contribution is -2.53. The molecule has 0 bridgehead atoms. The Bertz CT molecular complexity index is 205. The summed E-state index contributed by atoms with van der Waals surface area (Å²) in [6.07, 6.45) is 1.32. The van der Waals surface area contributed by atoms with Crippen molar-refractivity contribution in [2.75, 3.05) is 0 Å². The highest BCUT2D eigenvalue weighted by atomic mass is 16.4. The van der Waals surface area contributed by atoms with Gasteiger partial charge in [-0.3, -0.25) is 4.79 Å².